The Morgan fingerprint density at radius 3 is 2.78 bits per heavy atom. The third-order valence-electron chi connectivity index (χ3n) is 4.62. The minimum atomic E-state index is 0.663. The van der Waals surface area contributed by atoms with Crippen LogP contribution in [0.25, 0.3) is 0 Å². The zero-order valence-electron chi connectivity index (χ0n) is 12.0. The maximum Gasteiger partial charge on any atom is 0.0250 e. The molecule has 1 aliphatic heterocycles. The van der Waals surface area contributed by atoms with Gasteiger partial charge in [0.15, 0.2) is 0 Å². The summed E-state index contributed by atoms with van der Waals surface area (Å²) in [4.78, 5) is 2.65. The molecule has 1 saturated carbocycles. The maximum absolute atomic E-state index is 5.84. The van der Waals surface area contributed by atoms with E-state index < -0.39 is 0 Å². The summed E-state index contributed by atoms with van der Waals surface area (Å²) < 4.78 is 0. The smallest absolute Gasteiger partial charge is 0.0250 e. The van der Waals surface area contributed by atoms with E-state index in [9.17, 15) is 0 Å². The number of rotatable bonds is 5. The molecule has 0 bridgehead atoms. The van der Waals surface area contributed by atoms with Crippen LogP contribution in [0.4, 0.5) is 0 Å². The fourth-order valence-corrected chi connectivity index (χ4v) is 3.11. The van der Waals surface area contributed by atoms with E-state index in [4.69, 9.17) is 11.6 Å². The van der Waals surface area contributed by atoms with Crippen LogP contribution >= 0.6 is 11.6 Å². The fourth-order valence-electron chi connectivity index (χ4n) is 3.04. The average Bonchev–Trinajstić information content (AvgIpc) is 3.22. The van der Waals surface area contributed by atoms with Crippen molar-refractivity contribution < 1.29 is 0 Å². The second kappa shape index (κ2) is 6.40. The molecule has 2 aliphatic rings. The molecule has 0 aromatic rings. The molecule has 3 heteroatoms. The van der Waals surface area contributed by atoms with Gasteiger partial charge in [-0.2, -0.15) is 0 Å². The lowest BCUT2D eigenvalue weighted by atomic mass is 9.93. The molecule has 0 aromatic heterocycles. The van der Waals surface area contributed by atoms with Gasteiger partial charge in [-0.25, -0.2) is 0 Å². The summed E-state index contributed by atoms with van der Waals surface area (Å²) in [5.41, 5.74) is 3.02. The molecule has 1 saturated heterocycles. The van der Waals surface area contributed by atoms with Gasteiger partial charge in [0, 0.05) is 37.3 Å². The number of halogens is 1. The summed E-state index contributed by atoms with van der Waals surface area (Å²) in [6.07, 6.45) is 4.09. The highest BCUT2D eigenvalue weighted by molar-refractivity contribution is 6.25. The molecule has 3 atom stereocenters. The van der Waals surface area contributed by atoms with Crippen molar-refractivity contribution >= 4 is 11.6 Å². The second-order valence-electron chi connectivity index (χ2n) is 6.19. The normalized spacial score (nSPS) is 32.6. The summed E-state index contributed by atoms with van der Waals surface area (Å²) in [6.45, 7) is 10.2. The van der Waals surface area contributed by atoms with Crippen molar-refractivity contribution in [1.82, 2.24) is 10.2 Å². The fraction of sp³-hybridized carbons (Fsp3) is 0.867. The van der Waals surface area contributed by atoms with Gasteiger partial charge in [-0.1, -0.05) is 31.9 Å². The third kappa shape index (κ3) is 3.49. The molecule has 0 amide bonds. The molecule has 0 aromatic carbocycles. The lowest BCUT2D eigenvalue weighted by Gasteiger charge is -2.43. The Kier molecular flexibility index (Phi) is 5.11. The summed E-state index contributed by atoms with van der Waals surface area (Å²) in [7, 11) is 0. The topological polar surface area (TPSA) is 15.3 Å². The molecule has 1 N–H and O–H groups in total. The number of nitrogens with one attached hydrogen (secondary N) is 1. The maximum atomic E-state index is 5.84. The molecular weight excluding hydrogens is 244 g/mol. The van der Waals surface area contributed by atoms with E-state index in [-0.39, 0.29) is 0 Å². The first-order valence-corrected chi connectivity index (χ1v) is 7.82. The van der Waals surface area contributed by atoms with E-state index in [1.54, 1.807) is 5.54 Å². The molecule has 0 spiro atoms. The molecule has 0 radical (unpaired) electrons. The lowest BCUT2D eigenvalue weighted by molar-refractivity contribution is 0.0951. The minimum absolute atomic E-state index is 0.663. The number of nitrogens with zero attached hydrogens (tertiary/aromatic N) is 1. The summed E-state index contributed by atoms with van der Waals surface area (Å²) in [6, 6.07) is 1.38. The van der Waals surface area contributed by atoms with Gasteiger partial charge in [-0.05, 0) is 37.2 Å². The van der Waals surface area contributed by atoms with Crippen molar-refractivity contribution in [2.75, 3.05) is 19.6 Å². The van der Waals surface area contributed by atoms with Gasteiger partial charge in [0.2, 0.25) is 0 Å². The van der Waals surface area contributed by atoms with Crippen molar-refractivity contribution in [1.29, 1.82) is 0 Å². The van der Waals surface area contributed by atoms with Crippen LogP contribution in [-0.4, -0.2) is 36.6 Å². The monoisotopic (exact) mass is 270 g/mol. The molecule has 2 fully saturated rings. The quantitative estimate of drug-likeness (QED) is 0.825. The Bertz CT molecular complexity index is 299. The lowest BCUT2D eigenvalue weighted by Crippen LogP contribution is -2.59. The largest absolute Gasteiger partial charge is 0.311 e. The number of hydrogen-bond acceptors (Lipinski definition) is 2. The van der Waals surface area contributed by atoms with Gasteiger partial charge in [-0.15, -0.1) is 0 Å². The second-order valence-corrected chi connectivity index (χ2v) is 6.41. The van der Waals surface area contributed by atoms with E-state index in [1.807, 2.05) is 0 Å². The van der Waals surface area contributed by atoms with Gasteiger partial charge < -0.3 is 5.32 Å². The molecule has 2 nitrogen and oxygen atoms in total. The van der Waals surface area contributed by atoms with E-state index in [1.165, 1.54) is 31.4 Å². The minimum Gasteiger partial charge on any atom is -0.311 e. The Morgan fingerprint density at radius 2 is 2.22 bits per heavy atom. The zero-order valence-corrected chi connectivity index (χ0v) is 12.7. The standard InChI is InChI=1S/C15H27ClN2/c1-4-12(3)15-8-17-14(13-5-6-13)10-18(15)9-11(2)7-16/h7,12-15,17H,4-6,8-10H2,1-3H3. The van der Waals surface area contributed by atoms with Crippen LogP contribution < -0.4 is 5.32 Å². The highest BCUT2D eigenvalue weighted by Gasteiger charge is 2.38. The van der Waals surface area contributed by atoms with Crippen molar-refractivity contribution in [2.24, 2.45) is 11.8 Å². The number of hydrogen-bond donors (Lipinski definition) is 1. The van der Waals surface area contributed by atoms with Gasteiger partial charge in [0.1, 0.15) is 0 Å². The van der Waals surface area contributed by atoms with E-state index in [0.717, 1.165) is 24.9 Å². The van der Waals surface area contributed by atoms with Crippen molar-refractivity contribution in [3.63, 3.8) is 0 Å². The van der Waals surface area contributed by atoms with Crippen LogP contribution in [0, 0.1) is 11.8 Å². The Balaban J connectivity index is 1.99. The highest BCUT2D eigenvalue weighted by Crippen LogP contribution is 2.35. The van der Waals surface area contributed by atoms with Gasteiger partial charge >= 0.3 is 0 Å². The molecule has 1 aliphatic carbocycles. The predicted molar refractivity (Wildman–Crippen MR) is 78.9 cm³/mol. The molecule has 3 unspecified atom stereocenters. The van der Waals surface area contributed by atoms with Crippen molar-refractivity contribution in [3.05, 3.63) is 11.1 Å². The van der Waals surface area contributed by atoms with Gasteiger partial charge in [-0.3, -0.25) is 4.90 Å². The third-order valence-corrected chi connectivity index (χ3v) is 4.99. The Morgan fingerprint density at radius 1 is 1.50 bits per heavy atom. The van der Waals surface area contributed by atoms with Crippen molar-refractivity contribution in [2.45, 2.75) is 52.1 Å². The van der Waals surface area contributed by atoms with Crippen LogP contribution in [0.2, 0.25) is 0 Å². The molecule has 104 valence electrons. The van der Waals surface area contributed by atoms with Crippen LogP contribution in [0.3, 0.4) is 0 Å². The van der Waals surface area contributed by atoms with Crippen molar-refractivity contribution in [3.8, 4) is 0 Å². The predicted octanol–water partition coefficient (Wildman–Crippen LogP) is 3.23. The molecule has 18 heavy (non-hydrogen) atoms. The first kappa shape index (κ1) is 14.4. The average molecular weight is 271 g/mol. The highest BCUT2D eigenvalue weighted by atomic mass is 35.5. The Labute approximate surface area is 117 Å². The SMILES string of the molecule is CCC(C)C1CNC(C2CC2)CN1CC(C)=CCl. The Hall–Kier alpha value is -0.0500. The van der Waals surface area contributed by atoms with Crippen LogP contribution in [0.5, 0.6) is 0 Å². The van der Waals surface area contributed by atoms with Crippen LogP contribution in [-0.2, 0) is 0 Å². The zero-order chi connectivity index (χ0) is 13.1. The van der Waals surface area contributed by atoms with Crippen LogP contribution in [0.15, 0.2) is 11.1 Å². The van der Waals surface area contributed by atoms with Gasteiger partial charge in [0.25, 0.3) is 0 Å². The summed E-state index contributed by atoms with van der Waals surface area (Å²) in [5.74, 6) is 1.69. The van der Waals surface area contributed by atoms with E-state index in [0.29, 0.717) is 12.1 Å². The van der Waals surface area contributed by atoms with E-state index in [2.05, 4.69) is 31.0 Å². The number of piperazine rings is 1. The molecule has 2 rings (SSSR count). The van der Waals surface area contributed by atoms with Gasteiger partial charge in [0.05, 0.1) is 0 Å². The first-order chi connectivity index (χ1) is 8.65. The molecule has 1 heterocycles. The summed E-state index contributed by atoms with van der Waals surface area (Å²) in [5, 5.41) is 3.77. The van der Waals surface area contributed by atoms with E-state index >= 15 is 0 Å². The van der Waals surface area contributed by atoms with Crippen LogP contribution in [0.1, 0.15) is 40.0 Å². The summed E-state index contributed by atoms with van der Waals surface area (Å²) >= 11 is 5.84. The first-order valence-electron chi connectivity index (χ1n) is 7.39. The molecular formula is C15H27ClN2.